The Kier molecular flexibility index (Phi) is 4.71. The standard InChI is InChI=1S/C14H15BrN2OS/c1-9(2)12-8-16-14(19-12)17-13(18)7-10-5-3-4-6-11(10)15/h3-6,8-9H,7H2,1-2H3,(H,16,17,18). The van der Waals surface area contributed by atoms with Gasteiger partial charge in [-0.15, -0.1) is 11.3 Å². The molecule has 0 radical (unpaired) electrons. The van der Waals surface area contributed by atoms with Crippen molar-refractivity contribution in [1.82, 2.24) is 4.98 Å². The second-order valence-corrected chi connectivity index (χ2v) is 6.46. The minimum atomic E-state index is -0.0449. The van der Waals surface area contributed by atoms with Gasteiger partial charge in [-0.05, 0) is 17.5 Å². The number of nitrogens with one attached hydrogen (secondary N) is 1. The molecule has 1 aromatic heterocycles. The predicted molar refractivity (Wildman–Crippen MR) is 82.7 cm³/mol. The number of thiazole rings is 1. The predicted octanol–water partition coefficient (Wildman–Crippen LogP) is 4.21. The Labute approximate surface area is 125 Å². The zero-order chi connectivity index (χ0) is 13.8. The van der Waals surface area contributed by atoms with Crippen LogP contribution in [-0.2, 0) is 11.2 Å². The van der Waals surface area contributed by atoms with Crippen LogP contribution in [0.1, 0.15) is 30.2 Å². The number of rotatable bonds is 4. The fraction of sp³-hybridized carbons (Fsp3) is 0.286. The largest absolute Gasteiger partial charge is 0.302 e. The van der Waals surface area contributed by atoms with Crippen LogP contribution in [0.25, 0.3) is 0 Å². The van der Waals surface area contributed by atoms with E-state index in [-0.39, 0.29) is 5.91 Å². The Balaban J connectivity index is 1.99. The van der Waals surface area contributed by atoms with E-state index in [9.17, 15) is 4.79 Å². The summed E-state index contributed by atoms with van der Waals surface area (Å²) in [6, 6.07) is 7.72. The van der Waals surface area contributed by atoms with E-state index in [2.05, 4.69) is 40.1 Å². The number of anilines is 1. The maximum absolute atomic E-state index is 11.9. The van der Waals surface area contributed by atoms with Gasteiger partial charge < -0.3 is 5.32 Å². The molecule has 0 bridgehead atoms. The second-order valence-electron chi connectivity index (χ2n) is 4.54. The minimum absolute atomic E-state index is 0.0449. The molecule has 2 rings (SSSR count). The number of benzene rings is 1. The fourth-order valence-corrected chi connectivity index (χ4v) is 2.85. The van der Waals surface area contributed by atoms with Crippen molar-refractivity contribution >= 4 is 38.3 Å². The highest BCUT2D eigenvalue weighted by atomic mass is 79.9. The van der Waals surface area contributed by atoms with Crippen molar-refractivity contribution in [3.8, 4) is 0 Å². The summed E-state index contributed by atoms with van der Waals surface area (Å²) in [5.41, 5.74) is 0.973. The van der Waals surface area contributed by atoms with Crippen LogP contribution in [0.4, 0.5) is 5.13 Å². The van der Waals surface area contributed by atoms with E-state index in [1.165, 1.54) is 16.2 Å². The molecule has 0 aliphatic carbocycles. The Morgan fingerprint density at radius 3 is 2.79 bits per heavy atom. The number of carbonyl (C=O) groups is 1. The van der Waals surface area contributed by atoms with E-state index < -0.39 is 0 Å². The monoisotopic (exact) mass is 338 g/mol. The highest BCUT2D eigenvalue weighted by molar-refractivity contribution is 9.10. The molecule has 0 atom stereocenters. The van der Waals surface area contributed by atoms with Gasteiger partial charge in [0.05, 0.1) is 6.42 Å². The third-order valence-corrected chi connectivity index (χ3v) is 4.63. The molecule has 0 saturated heterocycles. The summed E-state index contributed by atoms with van der Waals surface area (Å²) in [5, 5.41) is 3.51. The summed E-state index contributed by atoms with van der Waals surface area (Å²) in [6.07, 6.45) is 2.17. The van der Waals surface area contributed by atoms with Crippen LogP contribution in [0.3, 0.4) is 0 Å². The molecule has 0 aliphatic heterocycles. The first kappa shape index (κ1) is 14.2. The topological polar surface area (TPSA) is 42.0 Å². The van der Waals surface area contributed by atoms with Gasteiger partial charge in [-0.3, -0.25) is 4.79 Å². The maximum Gasteiger partial charge on any atom is 0.230 e. The van der Waals surface area contributed by atoms with E-state index in [0.29, 0.717) is 17.5 Å². The summed E-state index contributed by atoms with van der Waals surface area (Å²) in [5.74, 6) is 0.392. The van der Waals surface area contributed by atoms with Crippen LogP contribution >= 0.6 is 27.3 Å². The quantitative estimate of drug-likeness (QED) is 0.907. The zero-order valence-corrected chi connectivity index (χ0v) is 13.2. The first-order chi connectivity index (χ1) is 9.06. The summed E-state index contributed by atoms with van der Waals surface area (Å²) in [4.78, 5) is 17.3. The molecule has 0 unspecified atom stereocenters. The van der Waals surface area contributed by atoms with E-state index in [1.807, 2.05) is 30.5 Å². The van der Waals surface area contributed by atoms with Gasteiger partial charge in [-0.25, -0.2) is 4.98 Å². The van der Waals surface area contributed by atoms with Gasteiger partial charge in [-0.2, -0.15) is 0 Å². The second kappa shape index (κ2) is 6.30. The molecule has 1 amide bonds. The van der Waals surface area contributed by atoms with E-state index in [4.69, 9.17) is 0 Å². The van der Waals surface area contributed by atoms with Gasteiger partial charge in [0.1, 0.15) is 0 Å². The number of hydrogen-bond acceptors (Lipinski definition) is 3. The summed E-state index contributed by atoms with van der Waals surface area (Å²) in [7, 11) is 0. The number of halogens is 1. The Bertz CT molecular complexity index is 580. The van der Waals surface area contributed by atoms with E-state index in [0.717, 1.165) is 10.0 Å². The van der Waals surface area contributed by atoms with Gasteiger partial charge in [-0.1, -0.05) is 48.0 Å². The number of aromatic nitrogens is 1. The van der Waals surface area contributed by atoms with Crippen LogP contribution < -0.4 is 5.32 Å². The normalized spacial score (nSPS) is 10.7. The molecular weight excluding hydrogens is 324 g/mol. The SMILES string of the molecule is CC(C)c1cnc(NC(=O)Cc2ccccc2Br)s1. The average molecular weight is 339 g/mol. The number of amides is 1. The number of nitrogens with zero attached hydrogens (tertiary/aromatic N) is 1. The van der Waals surface area contributed by atoms with Crippen LogP contribution in [-0.4, -0.2) is 10.9 Å². The van der Waals surface area contributed by atoms with E-state index in [1.54, 1.807) is 0 Å². The fourth-order valence-electron chi connectivity index (χ4n) is 1.59. The van der Waals surface area contributed by atoms with Crippen molar-refractivity contribution in [3.05, 3.63) is 45.4 Å². The molecule has 0 saturated carbocycles. The maximum atomic E-state index is 11.9. The van der Waals surface area contributed by atoms with Gasteiger partial charge in [0, 0.05) is 15.5 Å². The molecule has 100 valence electrons. The van der Waals surface area contributed by atoms with Gasteiger partial charge in [0.25, 0.3) is 0 Å². The molecule has 1 N–H and O–H groups in total. The van der Waals surface area contributed by atoms with Crippen LogP contribution in [0.5, 0.6) is 0 Å². The molecule has 0 fully saturated rings. The van der Waals surface area contributed by atoms with Crippen molar-refractivity contribution in [2.45, 2.75) is 26.2 Å². The zero-order valence-electron chi connectivity index (χ0n) is 10.8. The van der Waals surface area contributed by atoms with Crippen molar-refractivity contribution in [3.63, 3.8) is 0 Å². The molecule has 19 heavy (non-hydrogen) atoms. The Hall–Kier alpha value is -1.20. The highest BCUT2D eigenvalue weighted by Gasteiger charge is 2.10. The van der Waals surface area contributed by atoms with Crippen LogP contribution in [0, 0.1) is 0 Å². The molecule has 0 aliphatic rings. The summed E-state index contributed by atoms with van der Waals surface area (Å²) >= 11 is 4.97. The van der Waals surface area contributed by atoms with E-state index >= 15 is 0 Å². The lowest BCUT2D eigenvalue weighted by Gasteiger charge is -2.04. The van der Waals surface area contributed by atoms with Crippen molar-refractivity contribution in [2.24, 2.45) is 0 Å². The lowest BCUT2D eigenvalue weighted by Crippen LogP contribution is -2.14. The first-order valence-electron chi connectivity index (χ1n) is 6.05. The summed E-state index contributed by atoms with van der Waals surface area (Å²) < 4.78 is 0.951. The number of carbonyl (C=O) groups excluding carboxylic acids is 1. The lowest BCUT2D eigenvalue weighted by molar-refractivity contribution is -0.115. The van der Waals surface area contributed by atoms with Crippen molar-refractivity contribution in [1.29, 1.82) is 0 Å². The molecule has 1 aromatic carbocycles. The summed E-state index contributed by atoms with van der Waals surface area (Å²) in [6.45, 7) is 4.22. The molecule has 5 heteroatoms. The molecular formula is C14H15BrN2OS. The lowest BCUT2D eigenvalue weighted by atomic mass is 10.1. The number of hydrogen-bond donors (Lipinski definition) is 1. The van der Waals surface area contributed by atoms with Crippen molar-refractivity contribution < 1.29 is 4.79 Å². The molecule has 1 heterocycles. The average Bonchev–Trinajstić information content (AvgIpc) is 2.80. The highest BCUT2D eigenvalue weighted by Crippen LogP contribution is 2.25. The smallest absolute Gasteiger partial charge is 0.230 e. The van der Waals surface area contributed by atoms with Gasteiger partial charge >= 0.3 is 0 Å². The third-order valence-electron chi connectivity index (χ3n) is 2.65. The van der Waals surface area contributed by atoms with Gasteiger partial charge in [0.2, 0.25) is 5.91 Å². The third kappa shape index (κ3) is 3.88. The minimum Gasteiger partial charge on any atom is -0.302 e. The van der Waals surface area contributed by atoms with Gasteiger partial charge in [0.15, 0.2) is 5.13 Å². The Morgan fingerprint density at radius 1 is 1.42 bits per heavy atom. The Morgan fingerprint density at radius 2 is 2.16 bits per heavy atom. The van der Waals surface area contributed by atoms with Crippen LogP contribution in [0.15, 0.2) is 34.9 Å². The molecule has 3 nitrogen and oxygen atoms in total. The van der Waals surface area contributed by atoms with Crippen LogP contribution in [0.2, 0.25) is 0 Å². The molecule has 0 spiro atoms. The van der Waals surface area contributed by atoms with Crippen molar-refractivity contribution in [2.75, 3.05) is 5.32 Å². The molecule has 2 aromatic rings. The first-order valence-corrected chi connectivity index (χ1v) is 7.66.